The molecule has 0 aliphatic carbocycles. The summed E-state index contributed by atoms with van der Waals surface area (Å²) in [5.41, 5.74) is 0.849. The largest absolute Gasteiger partial charge is 0.375 e. The molecule has 1 aliphatic heterocycles. The van der Waals surface area contributed by atoms with Gasteiger partial charge in [0.2, 0.25) is 5.91 Å². The Morgan fingerprint density at radius 3 is 3.10 bits per heavy atom. The Kier molecular flexibility index (Phi) is 5.08. The third-order valence-corrected chi connectivity index (χ3v) is 3.17. The summed E-state index contributed by atoms with van der Waals surface area (Å²) in [6.45, 7) is 8.94. The topological polar surface area (TPSA) is 72.3 Å². The molecular weight excluding hydrogens is 258 g/mol. The van der Waals surface area contributed by atoms with Crippen molar-refractivity contribution in [2.75, 3.05) is 19.7 Å². The van der Waals surface area contributed by atoms with Gasteiger partial charge >= 0.3 is 0 Å². The van der Waals surface area contributed by atoms with Crippen molar-refractivity contribution in [2.24, 2.45) is 0 Å². The van der Waals surface area contributed by atoms with E-state index in [9.17, 15) is 4.79 Å². The van der Waals surface area contributed by atoms with Gasteiger partial charge in [-0.25, -0.2) is 4.68 Å². The molecule has 0 bridgehead atoms. The molecule has 1 N–H and O–H groups in total. The van der Waals surface area contributed by atoms with E-state index >= 15 is 0 Å². The minimum absolute atomic E-state index is 0.0634. The lowest BCUT2D eigenvalue weighted by molar-refractivity contribution is -0.139. The number of nitrogens with one attached hydrogen (secondary N) is 1. The van der Waals surface area contributed by atoms with Gasteiger partial charge in [0, 0.05) is 25.7 Å². The molecule has 1 unspecified atom stereocenters. The van der Waals surface area contributed by atoms with E-state index in [1.807, 2.05) is 18.0 Å². The molecule has 1 aromatic rings. The first-order valence-corrected chi connectivity index (χ1v) is 7.06. The van der Waals surface area contributed by atoms with Crippen LogP contribution in [0.15, 0.2) is 6.20 Å². The summed E-state index contributed by atoms with van der Waals surface area (Å²) in [6, 6.07) is 0.400. The van der Waals surface area contributed by atoms with E-state index in [0.29, 0.717) is 32.3 Å². The number of rotatable bonds is 5. The summed E-state index contributed by atoms with van der Waals surface area (Å²) in [4.78, 5) is 14.0. The maximum absolute atomic E-state index is 12.2. The third-order valence-electron chi connectivity index (χ3n) is 3.17. The second-order valence-corrected chi connectivity index (χ2v) is 5.46. The van der Waals surface area contributed by atoms with E-state index in [1.54, 1.807) is 4.68 Å². The number of carbonyl (C=O) groups is 1. The minimum atomic E-state index is 0.0634. The van der Waals surface area contributed by atoms with Crippen molar-refractivity contribution in [3.63, 3.8) is 0 Å². The number of aromatic nitrogens is 3. The summed E-state index contributed by atoms with van der Waals surface area (Å²) in [6.07, 6.45) is 1.92. The van der Waals surface area contributed by atoms with Gasteiger partial charge in [-0.2, -0.15) is 0 Å². The van der Waals surface area contributed by atoms with Gasteiger partial charge in [-0.3, -0.25) is 4.79 Å². The third kappa shape index (κ3) is 4.28. The van der Waals surface area contributed by atoms with Crippen molar-refractivity contribution >= 4 is 5.91 Å². The fourth-order valence-corrected chi connectivity index (χ4v) is 2.09. The number of nitrogens with zero attached hydrogens (tertiary/aromatic N) is 4. The monoisotopic (exact) mass is 281 g/mol. The van der Waals surface area contributed by atoms with Gasteiger partial charge in [0.1, 0.15) is 6.54 Å². The Morgan fingerprint density at radius 2 is 2.40 bits per heavy atom. The quantitative estimate of drug-likeness (QED) is 0.824. The van der Waals surface area contributed by atoms with E-state index in [0.717, 1.165) is 5.69 Å². The molecule has 7 nitrogen and oxygen atoms in total. The summed E-state index contributed by atoms with van der Waals surface area (Å²) in [5, 5.41) is 11.3. The van der Waals surface area contributed by atoms with Crippen LogP contribution in [0.5, 0.6) is 0 Å². The van der Waals surface area contributed by atoms with Crippen LogP contribution in [0, 0.1) is 0 Å². The van der Waals surface area contributed by atoms with Crippen LogP contribution in [-0.2, 0) is 22.6 Å². The molecule has 112 valence electrons. The first-order chi connectivity index (χ1) is 9.54. The average Bonchev–Trinajstić information content (AvgIpc) is 2.84. The highest BCUT2D eigenvalue weighted by Gasteiger charge is 2.21. The highest BCUT2D eigenvalue weighted by atomic mass is 16.5. The number of carbonyl (C=O) groups excluding carboxylic acids is 1. The van der Waals surface area contributed by atoms with Gasteiger partial charge < -0.3 is 15.0 Å². The van der Waals surface area contributed by atoms with Gasteiger partial charge in [0.05, 0.1) is 24.6 Å². The zero-order chi connectivity index (χ0) is 14.5. The van der Waals surface area contributed by atoms with Crippen molar-refractivity contribution in [1.82, 2.24) is 25.2 Å². The number of morpholine rings is 1. The Bertz CT molecular complexity index is 446. The maximum atomic E-state index is 12.2. The van der Waals surface area contributed by atoms with E-state index < -0.39 is 0 Å². The molecule has 0 radical (unpaired) electrons. The zero-order valence-electron chi connectivity index (χ0n) is 12.4. The second-order valence-electron chi connectivity index (χ2n) is 5.46. The van der Waals surface area contributed by atoms with Crippen molar-refractivity contribution in [3.8, 4) is 0 Å². The van der Waals surface area contributed by atoms with Crippen LogP contribution in [0.4, 0.5) is 0 Å². The summed E-state index contributed by atoms with van der Waals surface area (Å²) in [7, 11) is 0. The number of hydrogen-bond donors (Lipinski definition) is 1. The predicted octanol–water partition coefficient (Wildman–Crippen LogP) is 0.0234. The van der Waals surface area contributed by atoms with Gasteiger partial charge in [-0.1, -0.05) is 19.1 Å². The lowest BCUT2D eigenvalue weighted by atomic mass is 10.3. The lowest BCUT2D eigenvalue weighted by Gasteiger charge is -2.31. The Hall–Kier alpha value is -1.47. The van der Waals surface area contributed by atoms with Gasteiger partial charge in [-0.05, 0) is 6.92 Å². The second kappa shape index (κ2) is 6.81. The van der Waals surface area contributed by atoms with Crippen molar-refractivity contribution in [1.29, 1.82) is 0 Å². The molecule has 1 amide bonds. The molecule has 2 rings (SSSR count). The highest BCUT2D eigenvalue weighted by molar-refractivity contribution is 5.76. The first-order valence-electron chi connectivity index (χ1n) is 7.06. The summed E-state index contributed by atoms with van der Waals surface area (Å²) < 4.78 is 7.03. The standard InChI is InChI=1S/C13H23N5O2/c1-10(2)14-6-12-8-18(16-15-12)9-13(19)17-4-5-20-11(3)7-17/h8,10-11,14H,4-7,9H2,1-3H3. The van der Waals surface area contributed by atoms with Crippen LogP contribution in [0.3, 0.4) is 0 Å². The molecular formula is C13H23N5O2. The molecule has 0 aromatic carbocycles. The predicted molar refractivity (Wildman–Crippen MR) is 74.0 cm³/mol. The molecule has 2 heterocycles. The van der Waals surface area contributed by atoms with Crippen LogP contribution in [0.1, 0.15) is 26.5 Å². The fourth-order valence-electron chi connectivity index (χ4n) is 2.09. The van der Waals surface area contributed by atoms with Gasteiger partial charge in [0.25, 0.3) is 0 Å². The first kappa shape index (κ1) is 14.9. The van der Waals surface area contributed by atoms with E-state index in [4.69, 9.17) is 4.74 Å². The summed E-state index contributed by atoms with van der Waals surface area (Å²) >= 11 is 0. The van der Waals surface area contributed by atoms with E-state index in [1.165, 1.54) is 0 Å². The van der Waals surface area contributed by atoms with Crippen LogP contribution in [-0.4, -0.2) is 57.6 Å². The molecule has 1 atom stereocenters. The van der Waals surface area contributed by atoms with Crippen LogP contribution in [0.2, 0.25) is 0 Å². The molecule has 1 aliphatic rings. The smallest absolute Gasteiger partial charge is 0.244 e. The molecule has 0 spiro atoms. The van der Waals surface area contributed by atoms with Crippen LogP contribution < -0.4 is 5.32 Å². The molecule has 7 heteroatoms. The average molecular weight is 281 g/mol. The zero-order valence-corrected chi connectivity index (χ0v) is 12.4. The lowest BCUT2D eigenvalue weighted by Crippen LogP contribution is -2.45. The number of hydrogen-bond acceptors (Lipinski definition) is 5. The maximum Gasteiger partial charge on any atom is 0.244 e. The summed E-state index contributed by atoms with van der Waals surface area (Å²) in [5.74, 6) is 0.0634. The number of amides is 1. The highest BCUT2D eigenvalue weighted by Crippen LogP contribution is 2.05. The molecule has 1 fully saturated rings. The van der Waals surface area contributed by atoms with Crippen molar-refractivity contribution in [2.45, 2.75) is 46.0 Å². The fraction of sp³-hybridized carbons (Fsp3) is 0.769. The molecule has 1 saturated heterocycles. The molecule has 20 heavy (non-hydrogen) atoms. The van der Waals surface area contributed by atoms with Gasteiger partial charge in [-0.15, -0.1) is 5.10 Å². The minimum Gasteiger partial charge on any atom is -0.375 e. The number of ether oxygens (including phenoxy) is 1. The molecule has 0 saturated carbocycles. The van der Waals surface area contributed by atoms with Gasteiger partial charge in [0.15, 0.2) is 0 Å². The van der Waals surface area contributed by atoms with E-state index in [-0.39, 0.29) is 18.6 Å². The Balaban J connectivity index is 1.84. The SMILES string of the molecule is CC(C)NCc1cn(CC(=O)N2CCOC(C)C2)nn1. The van der Waals surface area contributed by atoms with Crippen LogP contribution in [0.25, 0.3) is 0 Å². The van der Waals surface area contributed by atoms with E-state index in [2.05, 4.69) is 29.5 Å². The Labute approximate surface area is 119 Å². The van der Waals surface area contributed by atoms with Crippen LogP contribution >= 0.6 is 0 Å². The molecule has 1 aromatic heterocycles. The Morgan fingerprint density at radius 1 is 1.60 bits per heavy atom. The van der Waals surface area contributed by atoms with Crippen molar-refractivity contribution in [3.05, 3.63) is 11.9 Å². The van der Waals surface area contributed by atoms with Crippen molar-refractivity contribution < 1.29 is 9.53 Å². The normalized spacial score (nSPS) is 19.6.